The molecule has 0 unspecified atom stereocenters. The second-order valence-electron chi connectivity index (χ2n) is 7.41. The molecule has 3 aromatic heterocycles. The van der Waals surface area contributed by atoms with Gasteiger partial charge in [-0.05, 0) is 41.5 Å². The quantitative estimate of drug-likeness (QED) is 0.534. The third-order valence-electron chi connectivity index (χ3n) is 5.52. The molecule has 1 aliphatic rings. The van der Waals surface area contributed by atoms with E-state index in [0.717, 1.165) is 55.2 Å². The minimum Gasteiger partial charge on any atom is -0.354 e. The summed E-state index contributed by atoms with van der Waals surface area (Å²) in [4.78, 5) is 18.3. The molecular formula is C24H23N5. The van der Waals surface area contributed by atoms with Crippen LogP contribution in [0, 0.1) is 0 Å². The van der Waals surface area contributed by atoms with Crippen molar-refractivity contribution in [3.63, 3.8) is 0 Å². The summed E-state index contributed by atoms with van der Waals surface area (Å²) < 4.78 is 0. The molecule has 0 spiro atoms. The van der Waals surface area contributed by atoms with E-state index in [0.29, 0.717) is 0 Å². The number of hydrogen-bond donors (Lipinski definition) is 0. The number of rotatable bonds is 4. The zero-order valence-corrected chi connectivity index (χ0v) is 16.3. The first-order chi connectivity index (χ1) is 14.4. The van der Waals surface area contributed by atoms with Crippen molar-refractivity contribution in [2.75, 3.05) is 31.1 Å². The van der Waals surface area contributed by atoms with Crippen molar-refractivity contribution in [3.8, 4) is 11.1 Å². The highest BCUT2D eigenvalue weighted by molar-refractivity contribution is 5.94. The van der Waals surface area contributed by atoms with Gasteiger partial charge in [-0.15, -0.1) is 0 Å². The van der Waals surface area contributed by atoms with E-state index in [1.165, 1.54) is 10.9 Å². The number of pyridine rings is 3. The molecule has 0 N–H and O–H groups in total. The molecule has 1 fully saturated rings. The molecule has 1 aromatic carbocycles. The lowest BCUT2D eigenvalue weighted by Crippen LogP contribution is -2.46. The molecule has 0 atom stereocenters. The number of fused-ring (bicyclic) bond motifs is 1. The molecule has 5 heteroatoms. The van der Waals surface area contributed by atoms with Crippen LogP contribution in [-0.4, -0.2) is 46.0 Å². The summed E-state index contributed by atoms with van der Waals surface area (Å²) in [5, 5.41) is 1.17. The van der Waals surface area contributed by atoms with Gasteiger partial charge in [-0.25, -0.2) is 4.98 Å². The Kier molecular flexibility index (Phi) is 4.88. The number of para-hydroxylation sites is 1. The van der Waals surface area contributed by atoms with E-state index in [2.05, 4.69) is 56.2 Å². The number of aromatic nitrogens is 3. The van der Waals surface area contributed by atoms with Gasteiger partial charge in [0.05, 0.1) is 5.52 Å². The smallest absolute Gasteiger partial charge is 0.129 e. The van der Waals surface area contributed by atoms with Crippen LogP contribution >= 0.6 is 0 Å². The van der Waals surface area contributed by atoms with Gasteiger partial charge in [-0.3, -0.25) is 14.9 Å². The highest BCUT2D eigenvalue weighted by Crippen LogP contribution is 2.29. The molecular weight excluding hydrogens is 358 g/mol. The lowest BCUT2D eigenvalue weighted by Gasteiger charge is -2.35. The third-order valence-corrected chi connectivity index (χ3v) is 5.52. The van der Waals surface area contributed by atoms with Crippen LogP contribution in [0.3, 0.4) is 0 Å². The fourth-order valence-corrected chi connectivity index (χ4v) is 3.96. The Morgan fingerprint density at radius 1 is 0.759 bits per heavy atom. The standard InChI is InChI=1S/C24H23N5/c1-4-21-6-7-23(27-24(21)22(5-1)20-8-11-25-12-9-20)29-15-13-28(14-16-29)18-19-3-2-10-26-17-19/h1-12,17H,13-16,18H2. The minimum absolute atomic E-state index is 0.957. The van der Waals surface area contributed by atoms with E-state index in [-0.39, 0.29) is 0 Å². The summed E-state index contributed by atoms with van der Waals surface area (Å²) in [5.41, 5.74) is 4.62. The molecule has 144 valence electrons. The van der Waals surface area contributed by atoms with Crippen molar-refractivity contribution in [1.82, 2.24) is 19.9 Å². The molecule has 4 aromatic rings. The molecule has 1 saturated heterocycles. The zero-order chi connectivity index (χ0) is 19.5. The Bertz CT molecular complexity index is 1090. The van der Waals surface area contributed by atoms with Crippen LogP contribution in [-0.2, 0) is 6.54 Å². The molecule has 1 aliphatic heterocycles. The maximum atomic E-state index is 5.06. The molecule has 0 saturated carbocycles. The van der Waals surface area contributed by atoms with Crippen molar-refractivity contribution in [1.29, 1.82) is 0 Å². The number of benzene rings is 1. The van der Waals surface area contributed by atoms with Crippen molar-refractivity contribution in [2.45, 2.75) is 6.54 Å². The molecule has 0 aliphatic carbocycles. The normalized spacial score (nSPS) is 15.0. The Morgan fingerprint density at radius 2 is 1.62 bits per heavy atom. The number of hydrogen-bond acceptors (Lipinski definition) is 5. The van der Waals surface area contributed by atoms with E-state index < -0.39 is 0 Å². The van der Waals surface area contributed by atoms with Crippen molar-refractivity contribution < 1.29 is 0 Å². The molecule has 5 rings (SSSR count). The predicted octanol–water partition coefficient (Wildman–Crippen LogP) is 4.01. The number of anilines is 1. The average Bonchev–Trinajstić information content (AvgIpc) is 2.80. The lowest BCUT2D eigenvalue weighted by molar-refractivity contribution is 0.249. The Morgan fingerprint density at radius 3 is 2.41 bits per heavy atom. The van der Waals surface area contributed by atoms with Crippen LogP contribution in [0.15, 0.2) is 79.4 Å². The van der Waals surface area contributed by atoms with Gasteiger partial charge in [-0.1, -0.05) is 24.3 Å². The summed E-state index contributed by atoms with van der Waals surface area (Å²) in [6, 6.07) is 18.9. The van der Waals surface area contributed by atoms with Crippen LogP contribution < -0.4 is 4.90 Å². The van der Waals surface area contributed by atoms with Crippen molar-refractivity contribution in [2.24, 2.45) is 0 Å². The molecule has 0 bridgehead atoms. The number of nitrogens with zero attached hydrogens (tertiary/aromatic N) is 5. The van der Waals surface area contributed by atoms with Gasteiger partial charge in [0.1, 0.15) is 5.82 Å². The molecule has 0 amide bonds. The van der Waals surface area contributed by atoms with Crippen LogP contribution in [0.2, 0.25) is 0 Å². The average molecular weight is 381 g/mol. The first-order valence-corrected chi connectivity index (χ1v) is 10.0. The predicted molar refractivity (Wildman–Crippen MR) is 117 cm³/mol. The summed E-state index contributed by atoms with van der Waals surface area (Å²) in [6.45, 7) is 4.98. The van der Waals surface area contributed by atoms with Gasteiger partial charge in [0, 0.05) is 68.5 Å². The second kappa shape index (κ2) is 7.97. The number of piperazine rings is 1. The van der Waals surface area contributed by atoms with Crippen LogP contribution in [0.5, 0.6) is 0 Å². The largest absolute Gasteiger partial charge is 0.354 e. The molecule has 29 heavy (non-hydrogen) atoms. The van der Waals surface area contributed by atoms with E-state index in [1.54, 1.807) is 0 Å². The minimum atomic E-state index is 0.957. The Balaban J connectivity index is 1.36. The monoisotopic (exact) mass is 381 g/mol. The van der Waals surface area contributed by atoms with E-state index in [1.807, 2.05) is 43.0 Å². The summed E-state index contributed by atoms with van der Waals surface area (Å²) in [6.07, 6.45) is 7.45. The lowest BCUT2D eigenvalue weighted by atomic mass is 10.0. The maximum Gasteiger partial charge on any atom is 0.129 e. The first-order valence-electron chi connectivity index (χ1n) is 10.0. The van der Waals surface area contributed by atoms with Gasteiger partial charge in [0.2, 0.25) is 0 Å². The van der Waals surface area contributed by atoms with E-state index in [9.17, 15) is 0 Å². The second-order valence-corrected chi connectivity index (χ2v) is 7.41. The fourth-order valence-electron chi connectivity index (χ4n) is 3.96. The Hall–Kier alpha value is -3.31. The molecule has 0 radical (unpaired) electrons. The summed E-state index contributed by atoms with van der Waals surface area (Å²) >= 11 is 0. The van der Waals surface area contributed by atoms with Gasteiger partial charge >= 0.3 is 0 Å². The highest BCUT2D eigenvalue weighted by atomic mass is 15.3. The van der Waals surface area contributed by atoms with Crippen LogP contribution in [0.1, 0.15) is 5.56 Å². The van der Waals surface area contributed by atoms with Crippen LogP contribution in [0.4, 0.5) is 5.82 Å². The molecule has 5 nitrogen and oxygen atoms in total. The Labute approximate surface area is 170 Å². The third kappa shape index (κ3) is 3.82. The van der Waals surface area contributed by atoms with Gasteiger partial charge in [0.25, 0.3) is 0 Å². The van der Waals surface area contributed by atoms with Crippen molar-refractivity contribution >= 4 is 16.7 Å². The summed E-state index contributed by atoms with van der Waals surface area (Å²) in [7, 11) is 0. The van der Waals surface area contributed by atoms with Crippen molar-refractivity contribution in [3.05, 3.63) is 84.9 Å². The van der Waals surface area contributed by atoms with Crippen LogP contribution in [0.25, 0.3) is 22.0 Å². The zero-order valence-electron chi connectivity index (χ0n) is 16.3. The fraction of sp³-hybridized carbons (Fsp3) is 0.208. The summed E-state index contributed by atoms with van der Waals surface area (Å²) in [5.74, 6) is 1.06. The SMILES string of the molecule is c1cncc(CN2CCN(c3ccc4cccc(-c5ccncc5)c4n3)CC2)c1. The first kappa shape index (κ1) is 17.8. The van der Waals surface area contributed by atoms with E-state index >= 15 is 0 Å². The van der Waals surface area contributed by atoms with Gasteiger partial charge in [0.15, 0.2) is 0 Å². The topological polar surface area (TPSA) is 45.2 Å². The maximum absolute atomic E-state index is 5.06. The highest BCUT2D eigenvalue weighted by Gasteiger charge is 2.19. The van der Waals surface area contributed by atoms with Gasteiger partial charge < -0.3 is 4.90 Å². The molecule has 4 heterocycles. The van der Waals surface area contributed by atoms with Gasteiger partial charge in [-0.2, -0.15) is 0 Å². The van der Waals surface area contributed by atoms with E-state index in [4.69, 9.17) is 4.98 Å².